The summed E-state index contributed by atoms with van der Waals surface area (Å²) in [6.45, 7) is 4.47. The molecule has 3 heterocycles. The molecule has 35 heavy (non-hydrogen) atoms. The van der Waals surface area contributed by atoms with Crippen molar-refractivity contribution in [1.82, 2.24) is 14.9 Å². The first-order valence-electron chi connectivity index (χ1n) is 13.4. The van der Waals surface area contributed by atoms with Gasteiger partial charge in [0.25, 0.3) is 0 Å². The van der Waals surface area contributed by atoms with E-state index in [4.69, 9.17) is 14.1 Å². The molecule has 0 spiro atoms. The Morgan fingerprint density at radius 2 is 2.00 bits per heavy atom. The van der Waals surface area contributed by atoms with Crippen LogP contribution in [-0.4, -0.2) is 52.1 Å². The SMILES string of the molecule is Cc1cnc(CC(=O)CC2CCC(F)(CCN3CCc4ccc(OC5CCC5)nc4CC3)CC2)o1. The Hall–Kier alpha value is -2.28. The number of oxazole rings is 1. The van der Waals surface area contributed by atoms with Gasteiger partial charge in [-0.25, -0.2) is 14.4 Å². The number of ketones is 1. The third kappa shape index (κ3) is 6.49. The van der Waals surface area contributed by atoms with Crippen molar-refractivity contribution in [2.45, 2.75) is 95.7 Å². The molecule has 3 aliphatic rings. The molecule has 2 aliphatic carbocycles. The summed E-state index contributed by atoms with van der Waals surface area (Å²) in [6.07, 6.45) is 11.4. The number of carbonyl (C=O) groups excluding carboxylic acids is 1. The van der Waals surface area contributed by atoms with Gasteiger partial charge in [-0.3, -0.25) is 4.79 Å². The summed E-state index contributed by atoms with van der Waals surface area (Å²) in [5.41, 5.74) is 1.33. The lowest BCUT2D eigenvalue weighted by atomic mass is 9.76. The lowest BCUT2D eigenvalue weighted by Gasteiger charge is -2.35. The maximum Gasteiger partial charge on any atom is 0.213 e. The van der Waals surface area contributed by atoms with Crippen LogP contribution in [0.4, 0.5) is 4.39 Å². The molecule has 0 atom stereocenters. The number of hydrogen-bond acceptors (Lipinski definition) is 6. The summed E-state index contributed by atoms with van der Waals surface area (Å²) >= 11 is 0. The Kier molecular flexibility index (Phi) is 7.51. The first-order chi connectivity index (χ1) is 16.9. The van der Waals surface area contributed by atoms with Gasteiger partial charge in [-0.2, -0.15) is 0 Å². The van der Waals surface area contributed by atoms with E-state index in [0.717, 1.165) is 75.5 Å². The first kappa shape index (κ1) is 24.4. The molecule has 190 valence electrons. The molecule has 0 amide bonds. The third-order valence-corrected chi connectivity index (χ3v) is 8.16. The first-order valence-corrected chi connectivity index (χ1v) is 13.4. The quantitative estimate of drug-likeness (QED) is 0.488. The molecule has 0 aromatic carbocycles. The van der Waals surface area contributed by atoms with Gasteiger partial charge < -0.3 is 14.1 Å². The summed E-state index contributed by atoms with van der Waals surface area (Å²) in [5, 5.41) is 0. The van der Waals surface area contributed by atoms with Crippen LogP contribution in [0.1, 0.15) is 80.7 Å². The van der Waals surface area contributed by atoms with E-state index in [0.29, 0.717) is 37.7 Å². The number of halogens is 1. The van der Waals surface area contributed by atoms with E-state index in [9.17, 15) is 4.79 Å². The number of ether oxygens (including phenoxy) is 1. The normalized spacial score (nSPS) is 25.5. The van der Waals surface area contributed by atoms with Gasteiger partial charge in [-0.1, -0.05) is 6.07 Å². The van der Waals surface area contributed by atoms with Crippen LogP contribution in [0, 0.1) is 12.8 Å². The highest BCUT2D eigenvalue weighted by atomic mass is 19.1. The topological polar surface area (TPSA) is 68.5 Å². The van der Waals surface area contributed by atoms with Crippen molar-refractivity contribution in [2.24, 2.45) is 5.92 Å². The second-order valence-electron chi connectivity index (χ2n) is 10.9. The van der Waals surface area contributed by atoms with E-state index in [1.165, 1.54) is 12.0 Å². The Balaban J connectivity index is 1.04. The van der Waals surface area contributed by atoms with Crippen LogP contribution >= 0.6 is 0 Å². The highest BCUT2D eigenvalue weighted by molar-refractivity contribution is 5.80. The van der Waals surface area contributed by atoms with E-state index in [1.54, 1.807) is 6.20 Å². The Morgan fingerprint density at radius 1 is 1.20 bits per heavy atom. The van der Waals surface area contributed by atoms with Crippen molar-refractivity contribution in [3.05, 3.63) is 41.2 Å². The van der Waals surface area contributed by atoms with Gasteiger partial charge in [0.1, 0.15) is 23.3 Å². The standard InChI is InChI=1S/C28H38FN3O3/c1-20-19-30-27(34-20)18-23(33)17-21-7-11-28(29,12-8-21)13-16-32-14-9-22-5-6-26(31-25(22)10-15-32)35-24-3-2-4-24/h5-6,19,21,24H,2-4,7-18H2,1H3. The zero-order valence-corrected chi connectivity index (χ0v) is 20.9. The fraction of sp³-hybridized carbons (Fsp3) is 0.679. The average molecular weight is 484 g/mol. The number of carbonyl (C=O) groups is 1. The van der Waals surface area contributed by atoms with Crippen molar-refractivity contribution in [3.8, 4) is 5.88 Å². The number of aryl methyl sites for hydroxylation is 1. The minimum Gasteiger partial charge on any atom is -0.474 e. The molecule has 2 aromatic rings. The molecule has 2 saturated carbocycles. The van der Waals surface area contributed by atoms with Gasteiger partial charge in [0.05, 0.1) is 12.6 Å². The zero-order valence-electron chi connectivity index (χ0n) is 20.9. The fourth-order valence-electron chi connectivity index (χ4n) is 5.61. The van der Waals surface area contributed by atoms with Crippen LogP contribution in [0.3, 0.4) is 0 Å². The van der Waals surface area contributed by atoms with Crippen LogP contribution in [0.2, 0.25) is 0 Å². The molecule has 0 saturated heterocycles. The van der Waals surface area contributed by atoms with E-state index >= 15 is 4.39 Å². The molecule has 5 rings (SSSR count). The second kappa shape index (κ2) is 10.8. The van der Waals surface area contributed by atoms with Crippen LogP contribution in [0.25, 0.3) is 0 Å². The molecule has 0 bridgehead atoms. The number of Topliss-reactive ketones (excluding diaryl/α,β-unsaturated/α-hetero) is 1. The maximum atomic E-state index is 15.6. The van der Waals surface area contributed by atoms with Crippen molar-refractivity contribution in [1.29, 1.82) is 0 Å². The van der Waals surface area contributed by atoms with Gasteiger partial charge in [0.15, 0.2) is 0 Å². The molecule has 0 unspecified atom stereocenters. The van der Waals surface area contributed by atoms with Crippen molar-refractivity contribution < 1.29 is 18.3 Å². The van der Waals surface area contributed by atoms with Crippen molar-refractivity contribution >= 4 is 5.78 Å². The molecule has 2 fully saturated rings. The van der Waals surface area contributed by atoms with Crippen molar-refractivity contribution in [2.75, 3.05) is 19.6 Å². The predicted octanol–water partition coefficient (Wildman–Crippen LogP) is 5.20. The summed E-state index contributed by atoms with van der Waals surface area (Å²) in [5.74, 6) is 2.38. The van der Waals surface area contributed by atoms with Crippen LogP contribution < -0.4 is 4.74 Å². The molecule has 2 aromatic heterocycles. The van der Waals surface area contributed by atoms with Gasteiger partial charge in [0, 0.05) is 44.2 Å². The lowest BCUT2D eigenvalue weighted by Crippen LogP contribution is -2.36. The monoisotopic (exact) mass is 483 g/mol. The number of rotatable bonds is 9. The van der Waals surface area contributed by atoms with Crippen LogP contribution in [0.15, 0.2) is 22.7 Å². The summed E-state index contributed by atoms with van der Waals surface area (Å²) in [7, 11) is 0. The minimum atomic E-state index is -1.11. The fourth-order valence-corrected chi connectivity index (χ4v) is 5.61. The highest BCUT2D eigenvalue weighted by Crippen LogP contribution is 2.39. The summed E-state index contributed by atoms with van der Waals surface area (Å²) in [4.78, 5) is 23.7. The number of pyridine rings is 1. The highest BCUT2D eigenvalue weighted by Gasteiger charge is 2.36. The molecular weight excluding hydrogens is 445 g/mol. The Morgan fingerprint density at radius 3 is 2.71 bits per heavy atom. The molecule has 6 nitrogen and oxygen atoms in total. The molecule has 0 radical (unpaired) electrons. The van der Waals surface area contributed by atoms with E-state index in [-0.39, 0.29) is 18.1 Å². The van der Waals surface area contributed by atoms with E-state index in [2.05, 4.69) is 16.0 Å². The number of nitrogens with zero attached hydrogens (tertiary/aromatic N) is 3. The number of aromatic nitrogens is 2. The smallest absolute Gasteiger partial charge is 0.213 e. The van der Waals surface area contributed by atoms with Gasteiger partial charge in [0.2, 0.25) is 11.8 Å². The Labute approximate surface area is 207 Å². The number of alkyl halides is 1. The largest absolute Gasteiger partial charge is 0.474 e. The van der Waals surface area contributed by atoms with Gasteiger partial charge >= 0.3 is 0 Å². The minimum absolute atomic E-state index is 0.141. The zero-order chi connectivity index (χ0) is 24.3. The van der Waals surface area contributed by atoms with Crippen LogP contribution in [-0.2, 0) is 24.1 Å². The van der Waals surface area contributed by atoms with E-state index in [1.807, 2.05) is 13.0 Å². The van der Waals surface area contributed by atoms with Crippen molar-refractivity contribution in [3.63, 3.8) is 0 Å². The maximum absolute atomic E-state index is 15.6. The lowest BCUT2D eigenvalue weighted by molar-refractivity contribution is -0.120. The second-order valence-corrected chi connectivity index (χ2v) is 10.9. The average Bonchev–Trinajstić information content (AvgIpc) is 3.10. The Bertz CT molecular complexity index is 1010. The molecular formula is C28H38FN3O3. The molecule has 7 heteroatoms. The van der Waals surface area contributed by atoms with Gasteiger partial charge in [-0.05, 0) is 76.2 Å². The number of fused-ring (bicyclic) bond motifs is 1. The van der Waals surface area contributed by atoms with E-state index < -0.39 is 5.67 Å². The molecule has 0 N–H and O–H groups in total. The molecule has 1 aliphatic heterocycles. The number of hydrogen-bond donors (Lipinski definition) is 0. The summed E-state index contributed by atoms with van der Waals surface area (Å²) < 4.78 is 27.0. The predicted molar refractivity (Wildman–Crippen MR) is 131 cm³/mol. The summed E-state index contributed by atoms with van der Waals surface area (Å²) in [6, 6.07) is 4.18. The van der Waals surface area contributed by atoms with Gasteiger partial charge in [-0.15, -0.1) is 0 Å². The van der Waals surface area contributed by atoms with Crippen LogP contribution in [0.5, 0.6) is 5.88 Å². The third-order valence-electron chi connectivity index (χ3n) is 8.16.